The van der Waals surface area contributed by atoms with Crippen LogP contribution in [0.4, 0.5) is 5.69 Å². The Morgan fingerprint density at radius 3 is 2.17 bits per heavy atom. The number of anilines is 1. The van der Waals surface area contributed by atoms with Crippen molar-refractivity contribution in [2.24, 2.45) is 0 Å². The number of amides is 1. The molecule has 0 aliphatic carbocycles. The van der Waals surface area contributed by atoms with E-state index in [0.717, 1.165) is 0 Å². The molecule has 0 unspecified atom stereocenters. The first kappa shape index (κ1) is 19.9. The van der Waals surface area contributed by atoms with Gasteiger partial charge in [0.1, 0.15) is 17.2 Å². The van der Waals surface area contributed by atoms with Crippen molar-refractivity contribution >= 4 is 17.4 Å². The summed E-state index contributed by atoms with van der Waals surface area (Å²) in [6.45, 7) is -0.111. The van der Waals surface area contributed by atoms with Crippen LogP contribution in [0.2, 0.25) is 0 Å². The second kappa shape index (κ2) is 9.41. The minimum Gasteiger partial charge on any atom is -0.497 e. The Morgan fingerprint density at radius 2 is 1.45 bits per heavy atom. The van der Waals surface area contributed by atoms with Crippen molar-refractivity contribution in [3.05, 3.63) is 83.9 Å². The average molecular weight is 391 g/mol. The molecule has 3 rings (SSSR count). The molecule has 0 saturated heterocycles. The number of rotatable bonds is 8. The van der Waals surface area contributed by atoms with Gasteiger partial charge in [-0.25, -0.2) is 0 Å². The highest BCUT2D eigenvalue weighted by molar-refractivity contribution is 6.04. The van der Waals surface area contributed by atoms with E-state index in [0.29, 0.717) is 34.1 Å². The molecule has 3 aromatic rings. The topological polar surface area (TPSA) is 73.9 Å². The van der Waals surface area contributed by atoms with Gasteiger partial charge in [0, 0.05) is 22.9 Å². The summed E-state index contributed by atoms with van der Waals surface area (Å²) in [6.07, 6.45) is 0. The second-order valence-electron chi connectivity index (χ2n) is 6.15. The smallest absolute Gasteiger partial charge is 0.255 e. The minimum atomic E-state index is -0.268. The molecule has 0 heterocycles. The quantitative estimate of drug-likeness (QED) is 0.582. The zero-order chi connectivity index (χ0) is 20.6. The Labute approximate surface area is 169 Å². The summed E-state index contributed by atoms with van der Waals surface area (Å²) in [7, 11) is 3.12. The Hall–Kier alpha value is -3.80. The first-order valence-electron chi connectivity index (χ1n) is 8.94. The van der Waals surface area contributed by atoms with Gasteiger partial charge in [-0.15, -0.1) is 0 Å². The number of methoxy groups -OCH3 is 2. The van der Waals surface area contributed by atoms with E-state index in [1.165, 1.54) is 0 Å². The zero-order valence-corrected chi connectivity index (χ0v) is 16.2. The van der Waals surface area contributed by atoms with Crippen molar-refractivity contribution in [2.45, 2.75) is 0 Å². The predicted molar refractivity (Wildman–Crippen MR) is 110 cm³/mol. The minimum absolute atomic E-state index is 0.111. The third kappa shape index (κ3) is 5.35. The van der Waals surface area contributed by atoms with Gasteiger partial charge in [0.05, 0.1) is 14.2 Å². The van der Waals surface area contributed by atoms with Crippen LogP contribution < -0.4 is 19.5 Å². The number of Topliss-reactive ketones (excluding diaryl/α,β-unsaturated/α-hetero) is 1. The number of ketones is 1. The van der Waals surface area contributed by atoms with E-state index < -0.39 is 0 Å². The molecule has 0 spiro atoms. The largest absolute Gasteiger partial charge is 0.497 e. The molecule has 6 nitrogen and oxygen atoms in total. The molecule has 1 N–H and O–H groups in total. The van der Waals surface area contributed by atoms with Gasteiger partial charge >= 0.3 is 0 Å². The van der Waals surface area contributed by atoms with Crippen molar-refractivity contribution in [1.29, 1.82) is 0 Å². The molecule has 3 aromatic carbocycles. The van der Waals surface area contributed by atoms with Gasteiger partial charge in [-0.3, -0.25) is 9.59 Å². The molecular weight excluding hydrogens is 370 g/mol. The van der Waals surface area contributed by atoms with E-state index in [1.54, 1.807) is 87.0 Å². The van der Waals surface area contributed by atoms with Crippen LogP contribution in [-0.4, -0.2) is 32.5 Å². The van der Waals surface area contributed by atoms with Gasteiger partial charge in [0.25, 0.3) is 5.91 Å². The Morgan fingerprint density at radius 1 is 0.759 bits per heavy atom. The maximum absolute atomic E-state index is 12.4. The van der Waals surface area contributed by atoms with Crippen LogP contribution >= 0.6 is 0 Å². The fraction of sp³-hybridized carbons (Fsp3) is 0.130. The van der Waals surface area contributed by atoms with E-state index in [1.807, 2.05) is 0 Å². The fourth-order valence-corrected chi connectivity index (χ4v) is 2.64. The molecule has 1 amide bonds. The highest BCUT2D eigenvalue weighted by atomic mass is 16.5. The average Bonchev–Trinajstić information content (AvgIpc) is 2.77. The van der Waals surface area contributed by atoms with Crippen LogP contribution in [0.15, 0.2) is 72.8 Å². The first-order valence-corrected chi connectivity index (χ1v) is 8.94. The highest BCUT2D eigenvalue weighted by Gasteiger charge is 2.10. The fourth-order valence-electron chi connectivity index (χ4n) is 2.64. The Bertz CT molecular complexity index is 998. The summed E-state index contributed by atoms with van der Waals surface area (Å²) in [6, 6.07) is 20.6. The number of ether oxygens (including phenoxy) is 3. The van der Waals surface area contributed by atoms with E-state index in [9.17, 15) is 9.59 Å². The van der Waals surface area contributed by atoms with Crippen molar-refractivity contribution in [3.8, 4) is 17.2 Å². The third-order valence-corrected chi connectivity index (χ3v) is 4.21. The molecule has 0 radical (unpaired) electrons. The SMILES string of the molecule is COc1ccc(C(=O)COc2cccc(NC(=O)c3cccc(OC)c3)c2)cc1. The summed E-state index contributed by atoms with van der Waals surface area (Å²) >= 11 is 0. The van der Waals surface area contributed by atoms with E-state index in [2.05, 4.69) is 5.32 Å². The summed E-state index contributed by atoms with van der Waals surface area (Å²) < 4.78 is 15.8. The van der Waals surface area contributed by atoms with Gasteiger partial charge in [-0.1, -0.05) is 12.1 Å². The Kier molecular flexibility index (Phi) is 6.47. The first-order chi connectivity index (χ1) is 14.1. The molecule has 0 aromatic heterocycles. The van der Waals surface area contributed by atoms with Crippen LogP contribution in [0.3, 0.4) is 0 Å². The number of nitrogens with one attached hydrogen (secondary N) is 1. The molecule has 0 saturated carbocycles. The predicted octanol–water partition coefficient (Wildman–Crippen LogP) is 4.22. The Balaban J connectivity index is 1.61. The van der Waals surface area contributed by atoms with Gasteiger partial charge in [-0.2, -0.15) is 0 Å². The molecule has 0 aliphatic heterocycles. The molecule has 148 valence electrons. The van der Waals surface area contributed by atoms with Gasteiger partial charge in [-0.05, 0) is 54.6 Å². The highest BCUT2D eigenvalue weighted by Crippen LogP contribution is 2.20. The maximum Gasteiger partial charge on any atom is 0.255 e. The maximum atomic E-state index is 12.4. The molecular formula is C23H21NO5. The van der Waals surface area contributed by atoms with E-state index >= 15 is 0 Å². The summed E-state index contributed by atoms with van der Waals surface area (Å²) in [4.78, 5) is 24.7. The monoisotopic (exact) mass is 391 g/mol. The number of hydrogen-bond donors (Lipinski definition) is 1. The molecule has 0 bridgehead atoms. The lowest BCUT2D eigenvalue weighted by Crippen LogP contribution is -2.13. The van der Waals surface area contributed by atoms with Crippen LogP contribution in [-0.2, 0) is 0 Å². The van der Waals surface area contributed by atoms with Gasteiger partial charge in [0.2, 0.25) is 0 Å². The van der Waals surface area contributed by atoms with Crippen molar-refractivity contribution in [1.82, 2.24) is 0 Å². The van der Waals surface area contributed by atoms with E-state index in [-0.39, 0.29) is 18.3 Å². The van der Waals surface area contributed by atoms with Crippen molar-refractivity contribution in [2.75, 3.05) is 26.1 Å². The number of carbonyl (C=O) groups excluding carboxylic acids is 2. The lowest BCUT2D eigenvalue weighted by Gasteiger charge is -2.10. The van der Waals surface area contributed by atoms with Crippen molar-refractivity contribution in [3.63, 3.8) is 0 Å². The molecule has 6 heteroatoms. The molecule has 0 aliphatic rings. The zero-order valence-electron chi connectivity index (χ0n) is 16.2. The lowest BCUT2D eigenvalue weighted by molar-refractivity contribution is 0.0920. The number of carbonyl (C=O) groups is 2. The van der Waals surface area contributed by atoms with Crippen LogP contribution in [0.1, 0.15) is 20.7 Å². The lowest BCUT2D eigenvalue weighted by atomic mass is 10.1. The van der Waals surface area contributed by atoms with Crippen molar-refractivity contribution < 1.29 is 23.8 Å². The van der Waals surface area contributed by atoms with Crippen LogP contribution in [0.25, 0.3) is 0 Å². The molecule has 0 fully saturated rings. The van der Waals surface area contributed by atoms with Crippen LogP contribution in [0.5, 0.6) is 17.2 Å². The summed E-state index contributed by atoms with van der Waals surface area (Å²) in [5.41, 5.74) is 1.57. The number of hydrogen-bond acceptors (Lipinski definition) is 5. The molecule has 29 heavy (non-hydrogen) atoms. The number of benzene rings is 3. The van der Waals surface area contributed by atoms with Crippen LogP contribution in [0, 0.1) is 0 Å². The standard InChI is InChI=1S/C23H21NO5/c1-27-19-11-9-16(10-12-19)22(25)15-29-21-8-4-6-18(14-21)24-23(26)17-5-3-7-20(13-17)28-2/h3-14H,15H2,1-2H3,(H,24,26). The second-order valence-corrected chi connectivity index (χ2v) is 6.15. The van der Waals surface area contributed by atoms with Gasteiger partial charge < -0.3 is 19.5 Å². The molecule has 0 atom stereocenters. The van der Waals surface area contributed by atoms with Gasteiger partial charge in [0.15, 0.2) is 12.4 Å². The summed E-state index contributed by atoms with van der Waals surface area (Å²) in [5.74, 6) is 1.35. The third-order valence-electron chi connectivity index (χ3n) is 4.21. The van der Waals surface area contributed by atoms with E-state index in [4.69, 9.17) is 14.2 Å². The summed E-state index contributed by atoms with van der Waals surface area (Å²) in [5, 5.41) is 2.81. The normalized spacial score (nSPS) is 10.1.